The van der Waals surface area contributed by atoms with Crippen LogP contribution in [0.1, 0.15) is 38.0 Å². The zero-order valence-electron chi connectivity index (χ0n) is 11.5. The van der Waals surface area contributed by atoms with Crippen molar-refractivity contribution in [1.82, 2.24) is 25.4 Å². The molecule has 0 aromatic carbocycles. The van der Waals surface area contributed by atoms with Gasteiger partial charge >= 0.3 is 0 Å². The molecule has 104 valence electrons. The summed E-state index contributed by atoms with van der Waals surface area (Å²) in [6.07, 6.45) is 2.12. The van der Waals surface area contributed by atoms with Crippen LogP contribution in [0.2, 0.25) is 0 Å². The fourth-order valence-corrected chi connectivity index (χ4v) is 3.04. The zero-order valence-corrected chi connectivity index (χ0v) is 11.5. The Balaban J connectivity index is 1.67. The predicted molar refractivity (Wildman–Crippen MR) is 70.4 cm³/mol. The standard InChI is InChI=1S/C13H21N5O/c1-8-6-14-7-10(8)13(19)15-9(2)12-17-16-11-4-3-5-18(11)12/h8-10,14H,3-7H2,1-2H3,(H,15,19). The van der Waals surface area contributed by atoms with Gasteiger partial charge in [-0.15, -0.1) is 10.2 Å². The maximum Gasteiger partial charge on any atom is 0.225 e. The van der Waals surface area contributed by atoms with E-state index in [1.165, 1.54) is 0 Å². The number of nitrogens with zero attached hydrogens (tertiary/aromatic N) is 3. The van der Waals surface area contributed by atoms with Crippen molar-refractivity contribution >= 4 is 5.91 Å². The van der Waals surface area contributed by atoms with Crippen molar-refractivity contribution < 1.29 is 4.79 Å². The molecule has 0 bridgehead atoms. The molecular formula is C13H21N5O. The lowest BCUT2D eigenvalue weighted by molar-refractivity contribution is -0.126. The van der Waals surface area contributed by atoms with Crippen molar-refractivity contribution in [2.24, 2.45) is 11.8 Å². The number of hydrogen-bond donors (Lipinski definition) is 2. The lowest BCUT2D eigenvalue weighted by atomic mass is 9.97. The van der Waals surface area contributed by atoms with Crippen LogP contribution in [0, 0.1) is 11.8 Å². The van der Waals surface area contributed by atoms with Crippen molar-refractivity contribution in [1.29, 1.82) is 0 Å². The molecule has 1 fully saturated rings. The molecule has 1 saturated heterocycles. The average molecular weight is 263 g/mol. The molecule has 6 nitrogen and oxygen atoms in total. The van der Waals surface area contributed by atoms with Gasteiger partial charge in [-0.25, -0.2) is 0 Å². The minimum Gasteiger partial charge on any atom is -0.346 e. The first kappa shape index (κ1) is 12.6. The molecule has 2 aliphatic rings. The maximum absolute atomic E-state index is 12.3. The summed E-state index contributed by atoms with van der Waals surface area (Å²) in [6.45, 7) is 6.77. The molecule has 0 radical (unpaired) electrons. The summed E-state index contributed by atoms with van der Waals surface area (Å²) in [5.41, 5.74) is 0. The second-order valence-corrected chi connectivity index (χ2v) is 5.70. The molecular weight excluding hydrogens is 242 g/mol. The van der Waals surface area contributed by atoms with Gasteiger partial charge in [0.25, 0.3) is 0 Å². The van der Waals surface area contributed by atoms with Gasteiger partial charge in [0.15, 0.2) is 5.82 Å². The van der Waals surface area contributed by atoms with E-state index < -0.39 is 0 Å². The van der Waals surface area contributed by atoms with E-state index in [-0.39, 0.29) is 17.9 Å². The van der Waals surface area contributed by atoms with Gasteiger partial charge < -0.3 is 15.2 Å². The summed E-state index contributed by atoms with van der Waals surface area (Å²) in [5, 5.41) is 14.7. The number of carbonyl (C=O) groups is 1. The fraction of sp³-hybridized carbons (Fsp3) is 0.769. The molecule has 3 heterocycles. The Morgan fingerprint density at radius 1 is 1.47 bits per heavy atom. The summed E-state index contributed by atoms with van der Waals surface area (Å²) in [5.74, 6) is 2.53. The molecule has 3 rings (SSSR count). The lowest BCUT2D eigenvalue weighted by Crippen LogP contribution is -2.36. The topological polar surface area (TPSA) is 71.8 Å². The van der Waals surface area contributed by atoms with Crippen LogP contribution < -0.4 is 10.6 Å². The van der Waals surface area contributed by atoms with Crippen molar-refractivity contribution in [2.45, 2.75) is 39.3 Å². The van der Waals surface area contributed by atoms with Gasteiger partial charge in [0.2, 0.25) is 5.91 Å². The SMILES string of the molecule is CC(NC(=O)C1CNCC1C)c1nnc2n1CCC2. The van der Waals surface area contributed by atoms with E-state index in [2.05, 4.69) is 32.3 Å². The first-order valence-electron chi connectivity index (χ1n) is 7.10. The quantitative estimate of drug-likeness (QED) is 0.820. The van der Waals surface area contributed by atoms with Crippen molar-refractivity contribution in [3.8, 4) is 0 Å². The third-order valence-electron chi connectivity index (χ3n) is 4.24. The molecule has 1 amide bonds. The van der Waals surface area contributed by atoms with Crippen LogP contribution in [0.15, 0.2) is 0 Å². The van der Waals surface area contributed by atoms with Gasteiger partial charge in [0.05, 0.1) is 12.0 Å². The summed E-state index contributed by atoms with van der Waals surface area (Å²) in [4.78, 5) is 12.3. The molecule has 3 unspecified atom stereocenters. The van der Waals surface area contributed by atoms with Crippen LogP contribution in [0.3, 0.4) is 0 Å². The van der Waals surface area contributed by atoms with E-state index in [0.29, 0.717) is 5.92 Å². The number of hydrogen-bond acceptors (Lipinski definition) is 4. The normalized spacial score (nSPS) is 27.3. The molecule has 2 aliphatic heterocycles. The van der Waals surface area contributed by atoms with Gasteiger partial charge in [0.1, 0.15) is 5.82 Å². The first-order chi connectivity index (χ1) is 9.16. The highest BCUT2D eigenvalue weighted by molar-refractivity contribution is 5.79. The van der Waals surface area contributed by atoms with Crippen LogP contribution in [0.5, 0.6) is 0 Å². The van der Waals surface area contributed by atoms with Gasteiger partial charge in [-0.3, -0.25) is 4.79 Å². The van der Waals surface area contributed by atoms with E-state index in [1.807, 2.05) is 6.92 Å². The second kappa shape index (κ2) is 4.92. The monoisotopic (exact) mass is 263 g/mol. The van der Waals surface area contributed by atoms with Crippen LogP contribution in [-0.2, 0) is 17.8 Å². The Morgan fingerprint density at radius 2 is 2.32 bits per heavy atom. The number of aryl methyl sites for hydroxylation is 1. The van der Waals surface area contributed by atoms with E-state index in [0.717, 1.165) is 44.1 Å². The van der Waals surface area contributed by atoms with Crippen molar-refractivity contribution in [3.05, 3.63) is 11.6 Å². The molecule has 19 heavy (non-hydrogen) atoms. The largest absolute Gasteiger partial charge is 0.346 e. The number of nitrogens with one attached hydrogen (secondary N) is 2. The van der Waals surface area contributed by atoms with Crippen molar-refractivity contribution in [3.63, 3.8) is 0 Å². The fourth-order valence-electron chi connectivity index (χ4n) is 3.04. The molecule has 1 aromatic heterocycles. The molecule has 0 spiro atoms. The Kier molecular flexibility index (Phi) is 3.26. The first-order valence-corrected chi connectivity index (χ1v) is 7.10. The van der Waals surface area contributed by atoms with E-state index in [9.17, 15) is 4.79 Å². The molecule has 2 N–H and O–H groups in total. The third kappa shape index (κ3) is 2.25. The summed E-state index contributed by atoms with van der Waals surface area (Å²) >= 11 is 0. The van der Waals surface area contributed by atoms with Gasteiger partial charge in [-0.2, -0.15) is 0 Å². The summed E-state index contributed by atoms with van der Waals surface area (Å²) < 4.78 is 2.14. The molecule has 0 saturated carbocycles. The highest BCUT2D eigenvalue weighted by Gasteiger charge is 2.31. The smallest absolute Gasteiger partial charge is 0.225 e. The third-order valence-corrected chi connectivity index (χ3v) is 4.24. The van der Waals surface area contributed by atoms with Gasteiger partial charge in [-0.1, -0.05) is 6.92 Å². The number of amides is 1. The number of rotatable bonds is 3. The Bertz CT molecular complexity index is 483. The van der Waals surface area contributed by atoms with Crippen molar-refractivity contribution in [2.75, 3.05) is 13.1 Å². The Morgan fingerprint density at radius 3 is 3.05 bits per heavy atom. The molecule has 6 heteroatoms. The highest BCUT2D eigenvalue weighted by atomic mass is 16.2. The average Bonchev–Trinajstić information content (AvgIpc) is 3.02. The maximum atomic E-state index is 12.3. The van der Waals surface area contributed by atoms with Crippen LogP contribution in [0.4, 0.5) is 0 Å². The minimum absolute atomic E-state index is 0.0698. The zero-order chi connectivity index (χ0) is 13.4. The van der Waals surface area contributed by atoms with Crippen LogP contribution >= 0.6 is 0 Å². The van der Waals surface area contributed by atoms with E-state index in [4.69, 9.17) is 0 Å². The summed E-state index contributed by atoms with van der Waals surface area (Å²) in [6, 6.07) is -0.0698. The number of fused-ring (bicyclic) bond motifs is 1. The Labute approximate surface area is 113 Å². The van der Waals surface area contributed by atoms with Gasteiger partial charge in [0, 0.05) is 19.5 Å². The van der Waals surface area contributed by atoms with Crippen LogP contribution in [-0.4, -0.2) is 33.8 Å². The lowest BCUT2D eigenvalue weighted by Gasteiger charge is -2.18. The van der Waals surface area contributed by atoms with Gasteiger partial charge in [-0.05, 0) is 25.8 Å². The van der Waals surface area contributed by atoms with E-state index in [1.54, 1.807) is 0 Å². The number of carbonyl (C=O) groups excluding carboxylic acids is 1. The predicted octanol–water partition coefficient (Wildman–Crippen LogP) is 0.257. The molecule has 1 aromatic rings. The van der Waals surface area contributed by atoms with Crippen LogP contribution in [0.25, 0.3) is 0 Å². The number of aromatic nitrogens is 3. The molecule has 0 aliphatic carbocycles. The molecule has 3 atom stereocenters. The summed E-state index contributed by atoms with van der Waals surface area (Å²) in [7, 11) is 0. The highest BCUT2D eigenvalue weighted by Crippen LogP contribution is 2.21. The Hall–Kier alpha value is -1.43. The van der Waals surface area contributed by atoms with E-state index >= 15 is 0 Å². The minimum atomic E-state index is -0.0698. The second-order valence-electron chi connectivity index (χ2n) is 5.70.